The Bertz CT molecular complexity index is 496. The predicted molar refractivity (Wildman–Crippen MR) is 57.1 cm³/mol. The summed E-state index contributed by atoms with van der Waals surface area (Å²) in [5.74, 6) is 0.727. The highest BCUT2D eigenvalue weighted by Gasteiger charge is 2.11. The molecule has 0 bridgehead atoms. The van der Waals surface area contributed by atoms with E-state index in [0.29, 0.717) is 23.8 Å². The molecule has 0 atom stereocenters. The van der Waals surface area contributed by atoms with Gasteiger partial charge in [0.1, 0.15) is 12.4 Å². The van der Waals surface area contributed by atoms with E-state index in [2.05, 4.69) is 10.1 Å². The van der Waals surface area contributed by atoms with Gasteiger partial charge in [-0.3, -0.25) is 4.68 Å². The third-order valence-electron chi connectivity index (χ3n) is 2.24. The molecule has 1 aromatic heterocycles. The minimum atomic E-state index is -0.322. The van der Waals surface area contributed by atoms with Gasteiger partial charge in [-0.2, -0.15) is 5.10 Å². The summed E-state index contributed by atoms with van der Waals surface area (Å²) in [7, 11) is 3.34. The van der Waals surface area contributed by atoms with Gasteiger partial charge >= 0.3 is 0 Å². The predicted octanol–water partition coefficient (Wildman–Crippen LogP) is 1.77. The second-order valence-electron chi connectivity index (χ2n) is 3.39. The fraction of sp³-hybridized carbons (Fsp3) is 0.273. The van der Waals surface area contributed by atoms with Crippen molar-refractivity contribution in [1.29, 1.82) is 0 Å². The van der Waals surface area contributed by atoms with Crippen LogP contribution < -0.4 is 0 Å². The molecule has 0 radical (unpaired) electrons. The van der Waals surface area contributed by atoms with E-state index in [4.69, 9.17) is 4.74 Å². The maximum absolute atomic E-state index is 13.5. The molecular weight excluding hydrogens is 209 g/mol. The Labute approximate surface area is 92.7 Å². The van der Waals surface area contributed by atoms with Crippen molar-refractivity contribution in [2.24, 2.45) is 7.05 Å². The second-order valence-corrected chi connectivity index (χ2v) is 3.39. The normalized spacial score (nSPS) is 10.7. The highest BCUT2D eigenvalue weighted by molar-refractivity contribution is 5.55. The lowest BCUT2D eigenvalue weighted by atomic mass is 10.2. The van der Waals surface area contributed by atoms with Gasteiger partial charge in [0.25, 0.3) is 0 Å². The lowest BCUT2D eigenvalue weighted by molar-refractivity contribution is 0.174. The van der Waals surface area contributed by atoms with Gasteiger partial charge in [0, 0.05) is 14.2 Å². The summed E-state index contributed by atoms with van der Waals surface area (Å²) in [6.07, 6.45) is 0. The van der Waals surface area contributed by atoms with E-state index in [0.717, 1.165) is 0 Å². The number of hydrogen-bond donors (Lipinski definition) is 0. The Morgan fingerprint density at radius 1 is 1.38 bits per heavy atom. The van der Waals surface area contributed by atoms with Gasteiger partial charge in [0.15, 0.2) is 11.6 Å². The molecule has 0 spiro atoms. The number of aromatic nitrogens is 3. The Hall–Kier alpha value is -1.75. The summed E-state index contributed by atoms with van der Waals surface area (Å²) >= 11 is 0. The summed E-state index contributed by atoms with van der Waals surface area (Å²) in [5, 5.41) is 4.15. The molecule has 0 unspecified atom stereocenters. The lowest BCUT2D eigenvalue weighted by Crippen LogP contribution is -2.00. The van der Waals surface area contributed by atoms with E-state index >= 15 is 0 Å². The summed E-state index contributed by atoms with van der Waals surface area (Å²) in [5.41, 5.74) is 0.403. The summed E-state index contributed by atoms with van der Waals surface area (Å²) in [6, 6.07) is 6.44. The summed E-state index contributed by atoms with van der Waals surface area (Å²) in [6.45, 7) is 0.359. The SMILES string of the molecule is COCc1nc(-c2ccccc2F)nn1C. The number of halogens is 1. The number of hydrogen-bond acceptors (Lipinski definition) is 3. The quantitative estimate of drug-likeness (QED) is 0.793. The smallest absolute Gasteiger partial charge is 0.184 e. The first-order chi connectivity index (χ1) is 7.72. The first-order valence-corrected chi connectivity index (χ1v) is 4.86. The van der Waals surface area contributed by atoms with E-state index < -0.39 is 0 Å². The first-order valence-electron chi connectivity index (χ1n) is 4.86. The van der Waals surface area contributed by atoms with Crippen LogP contribution in [-0.4, -0.2) is 21.9 Å². The van der Waals surface area contributed by atoms with Crippen LogP contribution in [0.25, 0.3) is 11.4 Å². The van der Waals surface area contributed by atoms with Gasteiger partial charge in [-0.15, -0.1) is 0 Å². The molecule has 2 aromatic rings. The third-order valence-corrected chi connectivity index (χ3v) is 2.24. The molecule has 16 heavy (non-hydrogen) atoms. The second kappa shape index (κ2) is 4.40. The van der Waals surface area contributed by atoms with E-state index in [1.54, 1.807) is 37.0 Å². The third kappa shape index (κ3) is 1.94. The molecule has 4 nitrogen and oxygen atoms in total. The minimum absolute atomic E-state index is 0.322. The molecule has 0 saturated carbocycles. The van der Waals surface area contributed by atoms with Crippen LogP contribution in [0, 0.1) is 5.82 Å². The minimum Gasteiger partial charge on any atom is -0.377 e. The van der Waals surface area contributed by atoms with E-state index in [9.17, 15) is 4.39 Å². The molecule has 0 aliphatic rings. The molecule has 1 aromatic carbocycles. The maximum Gasteiger partial charge on any atom is 0.184 e. The van der Waals surface area contributed by atoms with Crippen molar-refractivity contribution < 1.29 is 9.13 Å². The van der Waals surface area contributed by atoms with Crippen molar-refractivity contribution in [1.82, 2.24) is 14.8 Å². The van der Waals surface area contributed by atoms with Gasteiger partial charge in [-0.25, -0.2) is 9.37 Å². The van der Waals surface area contributed by atoms with Crippen molar-refractivity contribution in [2.75, 3.05) is 7.11 Å². The lowest BCUT2D eigenvalue weighted by Gasteiger charge is -1.95. The fourth-order valence-electron chi connectivity index (χ4n) is 1.43. The van der Waals surface area contributed by atoms with Crippen molar-refractivity contribution in [3.8, 4) is 11.4 Å². The molecule has 84 valence electrons. The number of methoxy groups -OCH3 is 1. The van der Waals surface area contributed by atoms with Gasteiger partial charge in [0.05, 0.1) is 5.56 Å². The van der Waals surface area contributed by atoms with E-state index in [1.807, 2.05) is 0 Å². The fourth-order valence-corrected chi connectivity index (χ4v) is 1.43. The molecule has 0 N–H and O–H groups in total. The molecular formula is C11H12FN3O. The molecule has 0 aliphatic heterocycles. The zero-order valence-corrected chi connectivity index (χ0v) is 9.14. The first kappa shape index (κ1) is 10.8. The number of nitrogens with zero attached hydrogens (tertiary/aromatic N) is 3. The zero-order valence-electron chi connectivity index (χ0n) is 9.14. The van der Waals surface area contributed by atoms with E-state index in [1.165, 1.54) is 6.07 Å². The Morgan fingerprint density at radius 2 is 2.12 bits per heavy atom. The van der Waals surface area contributed by atoms with Crippen LogP contribution in [0.3, 0.4) is 0 Å². The molecule has 0 saturated heterocycles. The van der Waals surface area contributed by atoms with Gasteiger partial charge in [-0.1, -0.05) is 12.1 Å². The summed E-state index contributed by atoms with van der Waals surface area (Å²) < 4.78 is 20.0. The van der Waals surface area contributed by atoms with Crippen molar-refractivity contribution in [3.05, 3.63) is 35.9 Å². The molecule has 0 fully saturated rings. The van der Waals surface area contributed by atoms with Gasteiger partial charge in [-0.05, 0) is 12.1 Å². The van der Waals surface area contributed by atoms with Crippen LogP contribution in [-0.2, 0) is 18.4 Å². The average Bonchev–Trinajstić information content (AvgIpc) is 2.61. The Morgan fingerprint density at radius 3 is 2.81 bits per heavy atom. The van der Waals surface area contributed by atoms with Crippen LogP contribution in [0.4, 0.5) is 4.39 Å². The monoisotopic (exact) mass is 221 g/mol. The summed E-state index contributed by atoms with van der Waals surface area (Å²) in [4.78, 5) is 4.22. The molecule has 1 heterocycles. The molecule has 0 amide bonds. The van der Waals surface area contributed by atoms with Crippen molar-refractivity contribution >= 4 is 0 Å². The molecule has 2 rings (SSSR count). The average molecular weight is 221 g/mol. The highest BCUT2D eigenvalue weighted by atomic mass is 19.1. The topological polar surface area (TPSA) is 39.9 Å². The Balaban J connectivity index is 2.42. The van der Waals surface area contributed by atoms with Crippen LogP contribution in [0.2, 0.25) is 0 Å². The van der Waals surface area contributed by atoms with Crippen LogP contribution >= 0.6 is 0 Å². The number of rotatable bonds is 3. The number of benzene rings is 1. The van der Waals surface area contributed by atoms with E-state index in [-0.39, 0.29) is 5.82 Å². The zero-order chi connectivity index (χ0) is 11.5. The van der Waals surface area contributed by atoms with Crippen LogP contribution in [0.5, 0.6) is 0 Å². The standard InChI is InChI=1S/C11H12FN3O/c1-15-10(7-16-2)13-11(14-15)8-5-3-4-6-9(8)12/h3-6H,7H2,1-2H3. The number of ether oxygens (including phenoxy) is 1. The van der Waals surface area contributed by atoms with Gasteiger partial charge in [0.2, 0.25) is 0 Å². The largest absolute Gasteiger partial charge is 0.377 e. The van der Waals surface area contributed by atoms with Crippen LogP contribution in [0.1, 0.15) is 5.82 Å². The maximum atomic E-state index is 13.5. The number of aryl methyl sites for hydroxylation is 1. The van der Waals surface area contributed by atoms with Crippen molar-refractivity contribution in [2.45, 2.75) is 6.61 Å². The molecule has 0 aliphatic carbocycles. The van der Waals surface area contributed by atoms with Crippen molar-refractivity contribution in [3.63, 3.8) is 0 Å². The molecule has 5 heteroatoms. The Kier molecular flexibility index (Phi) is 2.96. The van der Waals surface area contributed by atoms with Gasteiger partial charge < -0.3 is 4.74 Å². The highest BCUT2D eigenvalue weighted by Crippen LogP contribution is 2.18. The van der Waals surface area contributed by atoms with Crippen LogP contribution in [0.15, 0.2) is 24.3 Å².